The topological polar surface area (TPSA) is 33.3 Å². The molecule has 1 fully saturated rings. The molecule has 1 unspecified atom stereocenters. The molecule has 3 nitrogen and oxygen atoms in total. The lowest BCUT2D eigenvalue weighted by molar-refractivity contribution is 0.415. The second-order valence-corrected chi connectivity index (χ2v) is 4.61. The van der Waals surface area contributed by atoms with Gasteiger partial charge in [0.1, 0.15) is 5.75 Å². The fraction of sp³-hybridized carbons (Fsp3) is 0.571. The van der Waals surface area contributed by atoms with Crippen molar-refractivity contribution in [2.45, 2.75) is 31.7 Å². The average molecular weight is 234 g/mol. The summed E-state index contributed by atoms with van der Waals surface area (Å²) in [4.78, 5) is 0. The molecule has 0 spiro atoms. The Morgan fingerprint density at radius 3 is 2.82 bits per heavy atom. The summed E-state index contributed by atoms with van der Waals surface area (Å²) >= 11 is 0. The van der Waals surface area contributed by atoms with Gasteiger partial charge in [-0.05, 0) is 43.7 Å². The summed E-state index contributed by atoms with van der Waals surface area (Å²) in [6, 6.07) is 8.72. The van der Waals surface area contributed by atoms with Gasteiger partial charge in [0.15, 0.2) is 0 Å². The van der Waals surface area contributed by atoms with Gasteiger partial charge in [-0.3, -0.25) is 0 Å². The zero-order valence-electron chi connectivity index (χ0n) is 10.5. The summed E-state index contributed by atoms with van der Waals surface area (Å²) in [5.41, 5.74) is 1.16. The number of rotatable bonds is 4. The molecule has 1 aliphatic heterocycles. The zero-order chi connectivity index (χ0) is 11.9. The van der Waals surface area contributed by atoms with Crippen molar-refractivity contribution >= 4 is 5.69 Å². The first-order chi connectivity index (χ1) is 8.38. The number of hydrogen-bond donors (Lipinski definition) is 2. The van der Waals surface area contributed by atoms with Crippen molar-refractivity contribution in [2.24, 2.45) is 0 Å². The van der Waals surface area contributed by atoms with E-state index in [1.807, 2.05) is 12.1 Å². The van der Waals surface area contributed by atoms with E-state index in [4.69, 9.17) is 4.74 Å². The molecule has 2 rings (SSSR count). The second kappa shape index (κ2) is 6.50. The first-order valence-corrected chi connectivity index (χ1v) is 6.50. The Morgan fingerprint density at radius 1 is 1.24 bits per heavy atom. The van der Waals surface area contributed by atoms with Crippen molar-refractivity contribution < 1.29 is 4.74 Å². The highest BCUT2D eigenvalue weighted by molar-refractivity contribution is 5.46. The van der Waals surface area contributed by atoms with Gasteiger partial charge in [0, 0.05) is 18.3 Å². The van der Waals surface area contributed by atoms with Crippen LogP contribution in [-0.2, 0) is 0 Å². The lowest BCUT2D eigenvalue weighted by atomic mass is 10.1. The summed E-state index contributed by atoms with van der Waals surface area (Å²) in [5, 5.41) is 7.06. The first-order valence-electron chi connectivity index (χ1n) is 6.50. The Hall–Kier alpha value is -1.22. The van der Waals surface area contributed by atoms with Gasteiger partial charge in [0.2, 0.25) is 0 Å². The number of methoxy groups -OCH3 is 1. The maximum absolute atomic E-state index is 5.14. The molecular weight excluding hydrogens is 212 g/mol. The minimum absolute atomic E-state index is 0.611. The largest absolute Gasteiger partial charge is 0.497 e. The number of nitrogens with one attached hydrogen (secondary N) is 2. The van der Waals surface area contributed by atoms with Crippen LogP contribution in [0.4, 0.5) is 5.69 Å². The van der Waals surface area contributed by atoms with Gasteiger partial charge in [-0.15, -0.1) is 0 Å². The van der Waals surface area contributed by atoms with Gasteiger partial charge in [0.25, 0.3) is 0 Å². The van der Waals surface area contributed by atoms with Crippen LogP contribution in [0.25, 0.3) is 0 Å². The summed E-state index contributed by atoms with van der Waals surface area (Å²) in [6.45, 7) is 2.17. The minimum atomic E-state index is 0.611. The van der Waals surface area contributed by atoms with Crippen LogP contribution in [-0.4, -0.2) is 26.2 Å². The first kappa shape index (κ1) is 12.2. The Balaban J connectivity index is 1.79. The van der Waals surface area contributed by atoms with Gasteiger partial charge < -0.3 is 15.4 Å². The third kappa shape index (κ3) is 3.93. The zero-order valence-corrected chi connectivity index (χ0v) is 10.5. The van der Waals surface area contributed by atoms with Gasteiger partial charge in [-0.25, -0.2) is 0 Å². The normalized spacial score (nSPS) is 20.6. The van der Waals surface area contributed by atoms with E-state index < -0.39 is 0 Å². The van der Waals surface area contributed by atoms with Gasteiger partial charge >= 0.3 is 0 Å². The van der Waals surface area contributed by atoms with E-state index in [1.54, 1.807) is 7.11 Å². The summed E-state index contributed by atoms with van der Waals surface area (Å²) in [5.74, 6) is 0.906. The van der Waals surface area contributed by atoms with E-state index in [9.17, 15) is 0 Å². The van der Waals surface area contributed by atoms with Crippen LogP contribution in [0.1, 0.15) is 25.7 Å². The van der Waals surface area contributed by atoms with Crippen molar-refractivity contribution in [3.05, 3.63) is 24.3 Å². The molecule has 0 amide bonds. The summed E-state index contributed by atoms with van der Waals surface area (Å²) in [7, 11) is 1.69. The van der Waals surface area contributed by atoms with E-state index >= 15 is 0 Å². The molecule has 0 saturated carbocycles. The third-order valence-corrected chi connectivity index (χ3v) is 3.30. The Kier molecular flexibility index (Phi) is 4.68. The molecule has 3 heteroatoms. The number of ether oxygens (including phenoxy) is 1. The molecule has 1 aromatic carbocycles. The average Bonchev–Trinajstić information content (AvgIpc) is 2.65. The maximum atomic E-state index is 5.14. The monoisotopic (exact) mass is 234 g/mol. The number of benzene rings is 1. The highest BCUT2D eigenvalue weighted by atomic mass is 16.5. The van der Waals surface area contributed by atoms with E-state index in [-0.39, 0.29) is 0 Å². The SMILES string of the molecule is COc1ccc(NCC2CCCCCN2)cc1. The third-order valence-electron chi connectivity index (χ3n) is 3.30. The molecule has 0 aliphatic carbocycles. The molecule has 0 aromatic heterocycles. The van der Waals surface area contributed by atoms with Crippen LogP contribution in [0.3, 0.4) is 0 Å². The van der Waals surface area contributed by atoms with Crippen molar-refractivity contribution in [2.75, 3.05) is 25.5 Å². The van der Waals surface area contributed by atoms with Crippen molar-refractivity contribution in [3.8, 4) is 5.75 Å². The second-order valence-electron chi connectivity index (χ2n) is 4.61. The predicted molar refractivity (Wildman–Crippen MR) is 71.7 cm³/mol. The number of anilines is 1. The smallest absolute Gasteiger partial charge is 0.119 e. The van der Waals surface area contributed by atoms with Crippen LogP contribution >= 0.6 is 0 Å². The van der Waals surface area contributed by atoms with E-state index in [0.29, 0.717) is 6.04 Å². The highest BCUT2D eigenvalue weighted by Gasteiger charge is 2.10. The fourth-order valence-electron chi connectivity index (χ4n) is 2.22. The van der Waals surface area contributed by atoms with Crippen LogP contribution in [0.2, 0.25) is 0 Å². The maximum Gasteiger partial charge on any atom is 0.119 e. The molecule has 17 heavy (non-hydrogen) atoms. The molecule has 1 aliphatic rings. The lowest BCUT2D eigenvalue weighted by Crippen LogP contribution is -2.34. The van der Waals surface area contributed by atoms with Gasteiger partial charge in [-0.1, -0.05) is 12.8 Å². The van der Waals surface area contributed by atoms with E-state index in [2.05, 4.69) is 22.8 Å². The molecule has 1 heterocycles. The van der Waals surface area contributed by atoms with Crippen molar-refractivity contribution in [1.82, 2.24) is 5.32 Å². The summed E-state index contributed by atoms with van der Waals surface area (Å²) in [6.07, 6.45) is 5.32. The molecule has 1 aromatic rings. The van der Waals surface area contributed by atoms with Crippen LogP contribution in [0.5, 0.6) is 5.75 Å². The quantitative estimate of drug-likeness (QED) is 0.840. The predicted octanol–water partition coefficient (Wildman–Crippen LogP) is 2.64. The van der Waals surface area contributed by atoms with Crippen LogP contribution in [0, 0.1) is 0 Å². The summed E-state index contributed by atoms with van der Waals surface area (Å²) < 4.78 is 5.14. The van der Waals surface area contributed by atoms with Crippen LogP contribution in [0.15, 0.2) is 24.3 Å². The fourth-order valence-corrected chi connectivity index (χ4v) is 2.22. The standard InChI is InChI=1S/C14H22N2O/c1-17-14-8-6-12(7-9-14)16-11-13-5-3-2-4-10-15-13/h6-9,13,15-16H,2-5,10-11H2,1H3. The highest BCUT2D eigenvalue weighted by Crippen LogP contribution is 2.15. The molecular formula is C14H22N2O. The van der Waals surface area contributed by atoms with Crippen molar-refractivity contribution in [3.63, 3.8) is 0 Å². The van der Waals surface area contributed by atoms with E-state index in [1.165, 1.54) is 25.7 Å². The number of hydrogen-bond acceptors (Lipinski definition) is 3. The minimum Gasteiger partial charge on any atom is -0.497 e. The van der Waals surface area contributed by atoms with Crippen molar-refractivity contribution in [1.29, 1.82) is 0 Å². The Labute approximate surface area is 104 Å². The molecule has 1 atom stereocenters. The Morgan fingerprint density at radius 2 is 2.06 bits per heavy atom. The lowest BCUT2D eigenvalue weighted by Gasteiger charge is -2.17. The van der Waals surface area contributed by atoms with E-state index in [0.717, 1.165) is 24.5 Å². The van der Waals surface area contributed by atoms with Crippen LogP contribution < -0.4 is 15.4 Å². The van der Waals surface area contributed by atoms with Gasteiger partial charge in [0.05, 0.1) is 7.11 Å². The Bertz CT molecular complexity index is 315. The van der Waals surface area contributed by atoms with Gasteiger partial charge in [-0.2, -0.15) is 0 Å². The molecule has 1 saturated heterocycles. The molecule has 94 valence electrons. The molecule has 0 bridgehead atoms. The molecule has 0 radical (unpaired) electrons. The molecule has 2 N–H and O–H groups in total.